The van der Waals surface area contributed by atoms with Gasteiger partial charge in [0.2, 0.25) is 0 Å². The normalized spacial score (nSPS) is 10.2. The fraction of sp³-hybridized carbons (Fsp3) is 0. The number of carbonyl (C=O) groups is 2. The first-order valence-electron chi connectivity index (χ1n) is 6.50. The number of amides is 1. The maximum Gasteiger partial charge on any atom is 0.277 e. The highest BCUT2D eigenvalue weighted by Gasteiger charge is 2.15. The van der Waals surface area contributed by atoms with Crippen LogP contribution in [0.2, 0.25) is 0 Å². The Bertz CT molecular complexity index is 812. The fourth-order valence-electron chi connectivity index (χ4n) is 1.97. The van der Waals surface area contributed by atoms with Crippen LogP contribution < -0.4 is 5.32 Å². The largest absolute Gasteiger partial charge is 0.355 e. The van der Waals surface area contributed by atoms with Gasteiger partial charge < -0.3 is 9.84 Å². The van der Waals surface area contributed by atoms with E-state index < -0.39 is 5.91 Å². The van der Waals surface area contributed by atoms with Crippen LogP contribution in [-0.4, -0.2) is 22.3 Å². The molecule has 3 aromatic rings. The van der Waals surface area contributed by atoms with E-state index >= 15 is 0 Å². The zero-order chi connectivity index (χ0) is 15.4. The standard InChI is InChI=1S/C16H11N3O3/c20-10-11-4-1-2-6-13(11)15-8-14(19-22-15)16(21)18-12-5-3-7-17-9-12/h1-10H,(H,18,21). The number of nitrogens with zero attached hydrogens (tertiary/aromatic N) is 2. The van der Waals surface area contributed by atoms with Gasteiger partial charge in [0.25, 0.3) is 5.91 Å². The molecule has 1 aromatic carbocycles. The molecule has 6 heteroatoms. The quantitative estimate of drug-likeness (QED) is 0.748. The van der Waals surface area contributed by atoms with Gasteiger partial charge in [-0.3, -0.25) is 14.6 Å². The molecule has 6 nitrogen and oxygen atoms in total. The van der Waals surface area contributed by atoms with Crippen LogP contribution in [0.3, 0.4) is 0 Å². The highest BCUT2D eigenvalue weighted by atomic mass is 16.5. The van der Waals surface area contributed by atoms with E-state index in [1.807, 2.05) is 0 Å². The molecule has 0 saturated carbocycles. The Morgan fingerprint density at radius 2 is 2.05 bits per heavy atom. The lowest BCUT2D eigenvalue weighted by Crippen LogP contribution is -2.12. The third-order valence-corrected chi connectivity index (χ3v) is 3.02. The maximum absolute atomic E-state index is 12.1. The highest BCUT2D eigenvalue weighted by Crippen LogP contribution is 2.23. The van der Waals surface area contributed by atoms with Crippen LogP contribution in [0, 0.1) is 0 Å². The number of aldehydes is 1. The molecule has 3 rings (SSSR count). The van der Waals surface area contributed by atoms with E-state index in [4.69, 9.17) is 4.52 Å². The second kappa shape index (κ2) is 6.01. The van der Waals surface area contributed by atoms with Gasteiger partial charge in [-0.05, 0) is 12.1 Å². The SMILES string of the molecule is O=Cc1ccccc1-c1cc(C(=O)Nc2cccnc2)no1. The number of rotatable bonds is 4. The predicted molar refractivity (Wildman–Crippen MR) is 79.5 cm³/mol. The molecule has 1 N–H and O–H groups in total. The van der Waals surface area contributed by atoms with Crippen molar-refractivity contribution in [2.24, 2.45) is 0 Å². The lowest BCUT2D eigenvalue weighted by molar-refractivity contribution is 0.101. The third-order valence-electron chi connectivity index (χ3n) is 3.02. The second-order valence-electron chi connectivity index (χ2n) is 4.48. The van der Waals surface area contributed by atoms with Crippen LogP contribution in [0.15, 0.2) is 59.4 Å². The molecule has 0 radical (unpaired) electrons. The topological polar surface area (TPSA) is 85.1 Å². The van der Waals surface area contributed by atoms with E-state index in [1.54, 1.807) is 42.6 Å². The summed E-state index contributed by atoms with van der Waals surface area (Å²) in [7, 11) is 0. The zero-order valence-electron chi connectivity index (χ0n) is 11.4. The Hall–Kier alpha value is -3.28. The van der Waals surface area contributed by atoms with Gasteiger partial charge in [-0.15, -0.1) is 0 Å². The summed E-state index contributed by atoms with van der Waals surface area (Å²) < 4.78 is 5.17. The first-order valence-corrected chi connectivity index (χ1v) is 6.50. The lowest BCUT2D eigenvalue weighted by Gasteiger charge is -2.00. The summed E-state index contributed by atoms with van der Waals surface area (Å²) in [4.78, 5) is 27.0. The van der Waals surface area contributed by atoms with E-state index in [1.165, 1.54) is 12.3 Å². The first-order chi connectivity index (χ1) is 10.8. The number of hydrogen-bond acceptors (Lipinski definition) is 5. The summed E-state index contributed by atoms with van der Waals surface area (Å²) >= 11 is 0. The van der Waals surface area contributed by atoms with Gasteiger partial charge in [0.15, 0.2) is 17.7 Å². The van der Waals surface area contributed by atoms with E-state index in [2.05, 4.69) is 15.5 Å². The Morgan fingerprint density at radius 1 is 1.18 bits per heavy atom. The van der Waals surface area contributed by atoms with Gasteiger partial charge >= 0.3 is 0 Å². The minimum absolute atomic E-state index is 0.125. The molecule has 0 bridgehead atoms. The summed E-state index contributed by atoms with van der Waals surface area (Å²) in [6, 6.07) is 11.8. The van der Waals surface area contributed by atoms with Crippen molar-refractivity contribution in [1.29, 1.82) is 0 Å². The van der Waals surface area contributed by atoms with Gasteiger partial charge in [-0.25, -0.2) is 0 Å². The van der Waals surface area contributed by atoms with Crippen LogP contribution in [-0.2, 0) is 0 Å². The van der Waals surface area contributed by atoms with Crippen molar-refractivity contribution in [3.63, 3.8) is 0 Å². The summed E-state index contributed by atoms with van der Waals surface area (Å²) in [5, 5.41) is 6.40. The molecule has 0 aliphatic rings. The van der Waals surface area contributed by atoms with Gasteiger partial charge in [-0.1, -0.05) is 29.4 Å². The van der Waals surface area contributed by atoms with E-state index in [0.717, 1.165) is 6.29 Å². The molecule has 0 aliphatic heterocycles. The minimum atomic E-state index is -0.411. The number of aromatic nitrogens is 2. The number of pyridine rings is 1. The molecular weight excluding hydrogens is 282 g/mol. The fourth-order valence-corrected chi connectivity index (χ4v) is 1.97. The molecule has 0 unspecified atom stereocenters. The molecule has 2 aromatic heterocycles. The average molecular weight is 293 g/mol. The number of nitrogens with one attached hydrogen (secondary N) is 1. The number of carbonyl (C=O) groups excluding carboxylic acids is 2. The first kappa shape index (κ1) is 13.7. The lowest BCUT2D eigenvalue weighted by atomic mass is 10.1. The number of anilines is 1. The molecule has 0 fully saturated rings. The second-order valence-corrected chi connectivity index (χ2v) is 4.48. The molecule has 0 aliphatic carbocycles. The Balaban J connectivity index is 1.84. The Kier molecular flexibility index (Phi) is 3.74. The van der Waals surface area contributed by atoms with E-state index in [9.17, 15) is 9.59 Å². The highest BCUT2D eigenvalue weighted by molar-refractivity contribution is 6.03. The molecule has 22 heavy (non-hydrogen) atoms. The molecule has 108 valence electrons. The van der Waals surface area contributed by atoms with Gasteiger partial charge in [0.05, 0.1) is 11.9 Å². The van der Waals surface area contributed by atoms with Crippen molar-refractivity contribution in [3.8, 4) is 11.3 Å². The van der Waals surface area contributed by atoms with Crippen LogP contribution in [0.25, 0.3) is 11.3 Å². The zero-order valence-corrected chi connectivity index (χ0v) is 11.4. The predicted octanol–water partition coefficient (Wildman–Crippen LogP) is 2.80. The summed E-state index contributed by atoms with van der Waals surface area (Å²) in [6.07, 6.45) is 3.87. The molecule has 1 amide bonds. The Labute approximate surface area is 125 Å². The minimum Gasteiger partial charge on any atom is -0.355 e. The van der Waals surface area contributed by atoms with Crippen molar-refractivity contribution in [3.05, 3.63) is 66.1 Å². The molecule has 0 saturated heterocycles. The Morgan fingerprint density at radius 3 is 2.82 bits per heavy atom. The molecule has 0 spiro atoms. The van der Waals surface area contributed by atoms with Crippen LogP contribution in [0.5, 0.6) is 0 Å². The maximum atomic E-state index is 12.1. The van der Waals surface area contributed by atoms with Crippen LogP contribution in [0.1, 0.15) is 20.8 Å². The molecule has 2 heterocycles. The van der Waals surface area contributed by atoms with Gasteiger partial charge in [0.1, 0.15) is 0 Å². The summed E-state index contributed by atoms with van der Waals surface area (Å²) in [5.41, 5.74) is 1.74. The number of benzene rings is 1. The van der Waals surface area contributed by atoms with E-state index in [0.29, 0.717) is 22.6 Å². The molecular formula is C16H11N3O3. The van der Waals surface area contributed by atoms with Crippen LogP contribution >= 0.6 is 0 Å². The van der Waals surface area contributed by atoms with Crippen molar-refractivity contribution in [2.75, 3.05) is 5.32 Å². The summed E-state index contributed by atoms with van der Waals surface area (Å²) in [5.74, 6) is -0.0504. The van der Waals surface area contributed by atoms with Crippen molar-refractivity contribution >= 4 is 17.9 Å². The number of hydrogen-bond donors (Lipinski definition) is 1. The summed E-state index contributed by atoms with van der Waals surface area (Å²) in [6.45, 7) is 0. The van der Waals surface area contributed by atoms with E-state index in [-0.39, 0.29) is 5.69 Å². The van der Waals surface area contributed by atoms with Crippen molar-refractivity contribution in [1.82, 2.24) is 10.1 Å². The van der Waals surface area contributed by atoms with Gasteiger partial charge in [-0.2, -0.15) is 0 Å². The molecule has 0 atom stereocenters. The average Bonchev–Trinajstić information content (AvgIpc) is 3.05. The smallest absolute Gasteiger partial charge is 0.277 e. The third kappa shape index (κ3) is 2.76. The van der Waals surface area contributed by atoms with Gasteiger partial charge in [0, 0.05) is 23.4 Å². The van der Waals surface area contributed by atoms with Crippen LogP contribution in [0.4, 0.5) is 5.69 Å². The monoisotopic (exact) mass is 293 g/mol. The van der Waals surface area contributed by atoms with Crippen molar-refractivity contribution < 1.29 is 14.1 Å². The van der Waals surface area contributed by atoms with Crippen molar-refractivity contribution in [2.45, 2.75) is 0 Å².